The highest BCUT2D eigenvalue weighted by molar-refractivity contribution is 5.95. The number of carbonyl (C=O) groups is 1. The molecular weight excluding hydrogens is 672 g/mol. The van der Waals surface area contributed by atoms with E-state index in [1.165, 1.54) is 24.3 Å². The second-order valence-electron chi connectivity index (χ2n) is 12.0. The van der Waals surface area contributed by atoms with Crippen LogP contribution in [0.4, 0.5) is 35.1 Å². The van der Waals surface area contributed by atoms with Crippen LogP contribution in [0.2, 0.25) is 0 Å². The topological polar surface area (TPSA) is 61.8 Å². The smallest absolute Gasteiger partial charge is 0.429 e. The average Bonchev–Trinajstić information content (AvgIpc) is 3.06. The lowest BCUT2D eigenvalue weighted by Crippen LogP contribution is -2.49. The van der Waals surface area contributed by atoms with Crippen LogP contribution in [0.15, 0.2) is 91.0 Å². The molecule has 0 aliphatic carbocycles. The van der Waals surface area contributed by atoms with Crippen LogP contribution in [0.1, 0.15) is 71.1 Å². The maximum atomic E-state index is 15.3. The van der Waals surface area contributed by atoms with Gasteiger partial charge in [0.05, 0.1) is 11.1 Å². The van der Waals surface area contributed by atoms with E-state index >= 15 is 4.39 Å². The molecular formula is C37H36F8N2O3. The van der Waals surface area contributed by atoms with Gasteiger partial charge in [-0.1, -0.05) is 67.9 Å². The second-order valence-corrected chi connectivity index (χ2v) is 12.0. The van der Waals surface area contributed by atoms with Gasteiger partial charge in [-0.05, 0) is 73.0 Å². The van der Waals surface area contributed by atoms with Crippen molar-refractivity contribution in [1.29, 1.82) is 0 Å². The minimum atomic E-state index is -5.14. The number of nitrogens with one attached hydrogen (secondary N) is 1. The summed E-state index contributed by atoms with van der Waals surface area (Å²) in [6.45, 7) is 3.11. The SMILES string of the molecule is CCCCN(C)C(O)c1ccc([C@@](Cc2ccccc2)(NC(=O)c2ccc(F)c(C(F)(F)F)c2)c2cc(F)cc(OC(F)(F)C(C)F)c2)cc1. The molecule has 5 nitrogen and oxygen atoms in total. The zero-order valence-corrected chi connectivity index (χ0v) is 27.4. The molecule has 3 atom stereocenters. The fourth-order valence-electron chi connectivity index (χ4n) is 5.44. The van der Waals surface area contributed by atoms with Crippen LogP contribution >= 0.6 is 0 Å². The van der Waals surface area contributed by atoms with Gasteiger partial charge < -0.3 is 15.2 Å². The van der Waals surface area contributed by atoms with Crippen LogP contribution in [-0.2, 0) is 18.1 Å². The molecule has 4 aromatic carbocycles. The number of carbonyl (C=O) groups excluding carboxylic acids is 1. The van der Waals surface area contributed by atoms with Crippen molar-refractivity contribution >= 4 is 5.91 Å². The third kappa shape index (κ3) is 8.99. The first kappa shape index (κ1) is 38.3. The number of rotatable bonds is 14. The third-order valence-corrected chi connectivity index (χ3v) is 8.24. The maximum absolute atomic E-state index is 15.3. The van der Waals surface area contributed by atoms with Gasteiger partial charge in [-0.15, -0.1) is 0 Å². The summed E-state index contributed by atoms with van der Waals surface area (Å²) in [6.07, 6.45) is -11.9. The number of alkyl halides is 6. The zero-order chi connectivity index (χ0) is 36.9. The Morgan fingerprint density at radius 1 is 0.900 bits per heavy atom. The molecule has 0 radical (unpaired) electrons. The molecule has 0 saturated heterocycles. The van der Waals surface area contributed by atoms with Crippen molar-refractivity contribution in [2.45, 2.75) is 63.3 Å². The van der Waals surface area contributed by atoms with Gasteiger partial charge in [-0.3, -0.25) is 9.69 Å². The zero-order valence-electron chi connectivity index (χ0n) is 27.4. The van der Waals surface area contributed by atoms with E-state index in [9.17, 15) is 40.6 Å². The number of benzene rings is 4. The largest absolute Gasteiger partial charge is 0.430 e. The van der Waals surface area contributed by atoms with E-state index in [2.05, 4.69) is 10.1 Å². The highest BCUT2D eigenvalue weighted by Gasteiger charge is 2.42. The molecule has 0 spiro atoms. The molecule has 268 valence electrons. The molecule has 4 rings (SSSR count). The summed E-state index contributed by atoms with van der Waals surface area (Å²) >= 11 is 0. The molecule has 0 heterocycles. The maximum Gasteiger partial charge on any atom is 0.429 e. The minimum absolute atomic E-state index is 0.196. The molecule has 1 amide bonds. The molecule has 13 heteroatoms. The quantitative estimate of drug-likeness (QED) is 0.102. The summed E-state index contributed by atoms with van der Waals surface area (Å²) in [5.41, 5.74) is -3.29. The van der Waals surface area contributed by atoms with Gasteiger partial charge in [-0.25, -0.2) is 13.2 Å². The van der Waals surface area contributed by atoms with Gasteiger partial charge in [0.2, 0.25) is 6.17 Å². The summed E-state index contributed by atoms with van der Waals surface area (Å²) in [6, 6.07) is 18.5. The number of amides is 1. The van der Waals surface area contributed by atoms with E-state index in [0.717, 1.165) is 31.0 Å². The number of aliphatic hydroxyl groups excluding tert-OH is 1. The van der Waals surface area contributed by atoms with Gasteiger partial charge >= 0.3 is 12.3 Å². The molecule has 50 heavy (non-hydrogen) atoms. The number of nitrogens with zero attached hydrogens (tertiary/aromatic N) is 1. The van der Waals surface area contributed by atoms with Crippen LogP contribution in [-0.4, -0.2) is 41.8 Å². The fourth-order valence-corrected chi connectivity index (χ4v) is 5.44. The van der Waals surface area contributed by atoms with Crippen LogP contribution < -0.4 is 10.1 Å². The Balaban J connectivity index is 1.95. The number of hydrogen-bond donors (Lipinski definition) is 2. The predicted molar refractivity (Wildman–Crippen MR) is 171 cm³/mol. The van der Waals surface area contributed by atoms with Crippen molar-refractivity contribution in [3.63, 3.8) is 0 Å². The summed E-state index contributed by atoms with van der Waals surface area (Å²) in [7, 11) is 1.72. The molecule has 0 bridgehead atoms. The monoisotopic (exact) mass is 708 g/mol. The van der Waals surface area contributed by atoms with E-state index < -0.39 is 64.6 Å². The van der Waals surface area contributed by atoms with E-state index in [1.54, 1.807) is 42.3 Å². The van der Waals surface area contributed by atoms with Crippen LogP contribution in [0.25, 0.3) is 0 Å². The fraction of sp³-hybridized carbons (Fsp3) is 0.324. The molecule has 0 saturated carbocycles. The molecule has 0 aliphatic heterocycles. The molecule has 0 aliphatic rings. The van der Waals surface area contributed by atoms with Crippen LogP contribution in [0.3, 0.4) is 0 Å². The first-order valence-electron chi connectivity index (χ1n) is 15.7. The Hall–Kier alpha value is -4.49. The third-order valence-electron chi connectivity index (χ3n) is 8.24. The summed E-state index contributed by atoms with van der Waals surface area (Å²) < 4.78 is 117. The van der Waals surface area contributed by atoms with Gasteiger partial charge in [-0.2, -0.15) is 22.0 Å². The van der Waals surface area contributed by atoms with E-state index in [0.29, 0.717) is 42.8 Å². The highest BCUT2D eigenvalue weighted by atomic mass is 19.4. The van der Waals surface area contributed by atoms with Crippen molar-refractivity contribution in [2.24, 2.45) is 0 Å². The lowest BCUT2D eigenvalue weighted by molar-refractivity contribution is -0.215. The Kier molecular flexibility index (Phi) is 11.9. The molecule has 0 aromatic heterocycles. The van der Waals surface area contributed by atoms with Crippen LogP contribution in [0, 0.1) is 11.6 Å². The number of unbranched alkanes of at least 4 members (excludes halogenated alkanes) is 1. The highest BCUT2D eigenvalue weighted by Crippen LogP contribution is 2.39. The van der Waals surface area contributed by atoms with Gasteiger partial charge in [0.15, 0.2) is 0 Å². The van der Waals surface area contributed by atoms with Gasteiger partial charge in [0.1, 0.15) is 23.6 Å². The lowest BCUT2D eigenvalue weighted by Gasteiger charge is -2.37. The van der Waals surface area contributed by atoms with Gasteiger partial charge in [0.25, 0.3) is 5.91 Å². The van der Waals surface area contributed by atoms with E-state index in [4.69, 9.17) is 0 Å². The van der Waals surface area contributed by atoms with Crippen LogP contribution in [0.5, 0.6) is 5.75 Å². The summed E-state index contributed by atoms with van der Waals surface area (Å²) in [4.78, 5) is 15.6. The Bertz CT molecular complexity index is 1750. The number of halogens is 8. The normalized spacial score (nSPS) is 14.6. The van der Waals surface area contributed by atoms with E-state index in [-0.39, 0.29) is 17.5 Å². The second kappa shape index (κ2) is 15.6. The Morgan fingerprint density at radius 2 is 1.56 bits per heavy atom. The minimum Gasteiger partial charge on any atom is -0.430 e. The Labute approximate surface area is 284 Å². The lowest BCUT2D eigenvalue weighted by atomic mass is 9.77. The molecule has 2 N–H and O–H groups in total. The number of hydrogen-bond acceptors (Lipinski definition) is 4. The number of aliphatic hydroxyl groups is 1. The van der Waals surface area contributed by atoms with Crippen molar-refractivity contribution in [2.75, 3.05) is 13.6 Å². The predicted octanol–water partition coefficient (Wildman–Crippen LogP) is 8.95. The summed E-state index contributed by atoms with van der Waals surface area (Å²) in [5, 5.41) is 13.6. The van der Waals surface area contributed by atoms with E-state index in [1.807, 2.05) is 6.92 Å². The van der Waals surface area contributed by atoms with Crippen molar-refractivity contribution < 1.29 is 49.8 Å². The molecule has 2 unspecified atom stereocenters. The van der Waals surface area contributed by atoms with Crippen molar-refractivity contribution in [3.05, 3.63) is 136 Å². The first-order chi connectivity index (χ1) is 23.5. The molecule has 4 aromatic rings. The first-order valence-corrected chi connectivity index (χ1v) is 15.7. The summed E-state index contributed by atoms with van der Waals surface area (Å²) in [5.74, 6) is -4.67. The Morgan fingerprint density at radius 3 is 2.16 bits per heavy atom. The standard InChI is InChI=1S/C37H36F8N2O3/c1-4-5-17-47(3)34(49)25-11-14-27(15-12-25)35(22-24-9-7-6-8-10-24,28-19-29(39)21-30(20-28)50-37(44,45)23(2)38)46-33(48)26-13-16-32(40)31(18-26)36(41,42)43/h6-16,18-21,23,34,49H,4-5,17,22H2,1-3H3,(H,46,48)/t23?,34?,35-/m1/s1. The van der Waals surface area contributed by atoms with Gasteiger partial charge in [0, 0.05) is 24.6 Å². The van der Waals surface area contributed by atoms with Crippen molar-refractivity contribution in [1.82, 2.24) is 10.2 Å². The van der Waals surface area contributed by atoms with Crippen molar-refractivity contribution in [3.8, 4) is 5.75 Å². The molecule has 0 fully saturated rings. The number of ether oxygens (including phenoxy) is 1. The average molecular weight is 709 g/mol.